The summed E-state index contributed by atoms with van der Waals surface area (Å²) in [6.45, 7) is 0. The van der Waals surface area contributed by atoms with Crippen molar-refractivity contribution in [3.8, 4) is 0 Å². The first-order chi connectivity index (χ1) is 6.97. The molecule has 0 fully saturated rings. The minimum atomic E-state index is 0.663. The van der Waals surface area contributed by atoms with E-state index in [0.717, 1.165) is 0 Å². The van der Waals surface area contributed by atoms with E-state index in [9.17, 15) is 0 Å². The molecule has 0 unspecified atom stereocenters. The SMILES string of the molecule is C1=C[C@H](c2ccccc2)CCCCC1. The van der Waals surface area contributed by atoms with Gasteiger partial charge >= 0.3 is 0 Å². The fourth-order valence-electron chi connectivity index (χ4n) is 2.14. The summed E-state index contributed by atoms with van der Waals surface area (Å²) in [5, 5.41) is 0. The van der Waals surface area contributed by atoms with Crippen molar-refractivity contribution in [3.63, 3.8) is 0 Å². The molecule has 74 valence electrons. The van der Waals surface area contributed by atoms with Crippen LogP contribution in [0.3, 0.4) is 0 Å². The molecule has 0 N–H and O–H groups in total. The van der Waals surface area contributed by atoms with Crippen LogP contribution >= 0.6 is 0 Å². The van der Waals surface area contributed by atoms with E-state index in [-0.39, 0.29) is 0 Å². The lowest BCUT2D eigenvalue weighted by molar-refractivity contribution is 0.598. The highest BCUT2D eigenvalue weighted by molar-refractivity contribution is 5.23. The lowest BCUT2D eigenvalue weighted by atomic mass is 9.90. The number of hydrogen-bond donors (Lipinski definition) is 0. The largest absolute Gasteiger partial charge is 0.0879 e. The molecule has 2 rings (SSSR count). The van der Waals surface area contributed by atoms with E-state index >= 15 is 0 Å². The zero-order valence-electron chi connectivity index (χ0n) is 8.65. The van der Waals surface area contributed by atoms with Gasteiger partial charge in [0.15, 0.2) is 0 Å². The Balaban J connectivity index is 2.12. The van der Waals surface area contributed by atoms with Gasteiger partial charge < -0.3 is 0 Å². The van der Waals surface area contributed by atoms with Gasteiger partial charge in [0.05, 0.1) is 0 Å². The Morgan fingerprint density at radius 3 is 2.64 bits per heavy atom. The van der Waals surface area contributed by atoms with Gasteiger partial charge in [-0.1, -0.05) is 55.3 Å². The standard InChI is InChI=1S/C14H18/c1-2-5-9-13(10-6-3-1)14-11-7-4-8-12-14/h4-5,7-9,11-13H,1-3,6,10H2/t13-/m0/s1. The molecule has 1 aliphatic rings. The Morgan fingerprint density at radius 1 is 0.929 bits per heavy atom. The molecule has 0 aromatic heterocycles. The average Bonchev–Trinajstić information content (AvgIpc) is 2.18. The third kappa shape index (κ3) is 2.47. The molecule has 0 heterocycles. The summed E-state index contributed by atoms with van der Waals surface area (Å²) < 4.78 is 0. The van der Waals surface area contributed by atoms with Crippen molar-refractivity contribution in [2.75, 3.05) is 0 Å². The van der Waals surface area contributed by atoms with Crippen LogP contribution in [-0.2, 0) is 0 Å². The Bertz CT molecular complexity index is 284. The van der Waals surface area contributed by atoms with Crippen LogP contribution in [0.2, 0.25) is 0 Å². The summed E-state index contributed by atoms with van der Waals surface area (Å²) in [7, 11) is 0. The fourth-order valence-corrected chi connectivity index (χ4v) is 2.14. The van der Waals surface area contributed by atoms with Crippen molar-refractivity contribution in [1.29, 1.82) is 0 Å². The molecule has 0 bridgehead atoms. The Hall–Kier alpha value is -1.04. The zero-order chi connectivity index (χ0) is 9.64. The summed E-state index contributed by atoms with van der Waals surface area (Å²) in [6.07, 6.45) is 11.5. The van der Waals surface area contributed by atoms with E-state index in [0.29, 0.717) is 5.92 Å². The van der Waals surface area contributed by atoms with Crippen molar-refractivity contribution < 1.29 is 0 Å². The van der Waals surface area contributed by atoms with Gasteiger partial charge in [0.1, 0.15) is 0 Å². The number of benzene rings is 1. The molecule has 0 saturated heterocycles. The van der Waals surface area contributed by atoms with Crippen molar-refractivity contribution >= 4 is 0 Å². The quantitative estimate of drug-likeness (QED) is 0.574. The smallest absolute Gasteiger partial charge is 0.00179 e. The first-order valence-electron chi connectivity index (χ1n) is 5.68. The molecular weight excluding hydrogens is 168 g/mol. The van der Waals surface area contributed by atoms with E-state index in [2.05, 4.69) is 42.5 Å². The zero-order valence-corrected chi connectivity index (χ0v) is 8.65. The second-order valence-corrected chi connectivity index (χ2v) is 4.08. The third-order valence-electron chi connectivity index (χ3n) is 2.98. The van der Waals surface area contributed by atoms with Crippen LogP contribution in [0, 0.1) is 0 Å². The van der Waals surface area contributed by atoms with Gasteiger partial charge in [-0.3, -0.25) is 0 Å². The van der Waals surface area contributed by atoms with Gasteiger partial charge in [-0.2, -0.15) is 0 Å². The number of rotatable bonds is 1. The van der Waals surface area contributed by atoms with Crippen LogP contribution in [0.5, 0.6) is 0 Å². The lowest BCUT2D eigenvalue weighted by Crippen LogP contribution is -1.97. The maximum Gasteiger partial charge on any atom is 0.00179 e. The maximum absolute atomic E-state index is 2.40. The molecule has 0 nitrogen and oxygen atoms in total. The highest BCUT2D eigenvalue weighted by Gasteiger charge is 2.08. The lowest BCUT2D eigenvalue weighted by Gasteiger charge is -2.15. The molecule has 0 amide bonds. The van der Waals surface area contributed by atoms with Gasteiger partial charge in [0, 0.05) is 5.92 Å². The fraction of sp³-hybridized carbons (Fsp3) is 0.429. The molecule has 1 aromatic rings. The summed E-state index contributed by atoms with van der Waals surface area (Å²) in [6, 6.07) is 10.9. The minimum absolute atomic E-state index is 0.663. The second kappa shape index (κ2) is 4.99. The molecule has 0 radical (unpaired) electrons. The maximum atomic E-state index is 2.40. The van der Waals surface area contributed by atoms with Gasteiger partial charge in [0.25, 0.3) is 0 Å². The molecule has 0 heteroatoms. The second-order valence-electron chi connectivity index (χ2n) is 4.08. The van der Waals surface area contributed by atoms with Gasteiger partial charge in [0.2, 0.25) is 0 Å². The van der Waals surface area contributed by atoms with E-state index in [1.54, 1.807) is 0 Å². The van der Waals surface area contributed by atoms with E-state index in [4.69, 9.17) is 0 Å². The van der Waals surface area contributed by atoms with E-state index in [1.807, 2.05) is 0 Å². The van der Waals surface area contributed by atoms with Crippen LogP contribution in [0.1, 0.15) is 43.6 Å². The van der Waals surface area contributed by atoms with Crippen LogP contribution in [0.25, 0.3) is 0 Å². The van der Waals surface area contributed by atoms with Crippen LogP contribution in [0.15, 0.2) is 42.5 Å². The van der Waals surface area contributed by atoms with Gasteiger partial charge in [-0.15, -0.1) is 0 Å². The predicted octanol–water partition coefficient (Wildman–Crippen LogP) is 4.29. The summed E-state index contributed by atoms with van der Waals surface area (Å²) in [5.74, 6) is 0.663. The Morgan fingerprint density at radius 2 is 1.79 bits per heavy atom. The molecule has 0 aliphatic heterocycles. The third-order valence-corrected chi connectivity index (χ3v) is 2.98. The van der Waals surface area contributed by atoms with Gasteiger partial charge in [-0.05, 0) is 24.8 Å². The van der Waals surface area contributed by atoms with Crippen LogP contribution in [0.4, 0.5) is 0 Å². The summed E-state index contributed by atoms with van der Waals surface area (Å²) in [4.78, 5) is 0. The first kappa shape index (κ1) is 9.51. The van der Waals surface area contributed by atoms with E-state index in [1.165, 1.54) is 37.7 Å². The van der Waals surface area contributed by atoms with Crippen molar-refractivity contribution in [1.82, 2.24) is 0 Å². The topological polar surface area (TPSA) is 0 Å². The highest BCUT2D eigenvalue weighted by atomic mass is 14.1. The number of allylic oxidation sites excluding steroid dienone is 2. The normalized spacial score (nSPS) is 22.7. The van der Waals surface area contributed by atoms with E-state index < -0.39 is 0 Å². The van der Waals surface area contributed by atoms with Crippen LogP contribution in [-0.4, -0.2) is 0 Å². The molecule has 0 saturated carbocycles. The van der Waals surface area contributed by atoms with Crippen molar-refractivity contribution in [2.24, 2.45) is 0 Å². The summed E-state index contributed by atoms with van der Waals surface area (Å²) >= 11 is 0. The minimum Gasteiger partial charge on any atom is -0.0879 e. The highest BCUT2D eigenvalue weighted by Crippen LogP contribution is 2.26. The molecule has 14 heavy (non-hydrogen) atoms. The molecule has 1 aliphatic carbocycles. The first-order valence-corrected chi connectivity index (χ1v) is 5.68. The predicted molar refractivity (Wildman–Crippen MR) is 61.4 cm³/mol. The summed E-state index contributed by atoms with van der Waals surface area (Å²) in [5.41, 5.74) is 1.48. The molecule has 1 atom stereocenters. The van der Waals surface area contributed by atoms with Crippen molar-refractivity contribution in [3.05, 3.63) is 48.0 Å². The van der Waals surface area contributed by atoms with Crippen LogP contribution < -0.4 is 0 Å². The Labute approximate surface area is 86.7 Å². The number of hydrogen-bond acceptors (Lipinski definition) is 0. The molecule has 0 spiro atoms. The van der Waals surface area contributed by atoms with Crippen molar-refractivity contribution in [2.45, 2.75) is 38.0 Å². The van der Waals surface area contributed by atoms with Gasteiger partial charge in [-0.25, -0.2) is 0 Å². The Kier molecular flexibility index (Phi) is 3.39. The molecule has 1 aromatic carbocycles. The molecular formula is C14H18. The average molecular weight is 186 g/mol. The monoisotopic (exact) mass is 186 g/mol.